The van der Waals surface area contributed by atoms with Gasteiger partial charge in [0.05, 0.1) is 11.6 Å². The molecule has 1 aliphatic rings. The number of H-pyrrole nitrogens is 1. The number of nitrogens with one attached hydrogen (secondary N) is 1. The summed E-state index contributed by atoms with van der Waals surface area (Å²) in [5.41, 5.74) is 3.57. The molecule has 2 N–H and O–H groups in total. The lowest BCUT2D eigenvalue weighted by atomic mass is 9.94. The van der Waals surface area contributed by atoms with Gasteiger partial charge >= 0.3 is 0 Å². The summed E-state index contributed by atoms with van der Waals surface area (Å²) in [4.78, 5) is 31.5. The lowest BCUT2D eigenvalue weighted by molar-refractivity contribution is -0.132. The highest BCUT2D eigenvalue weighted by Crippen LogP contribution is 2.45. The molecule has 0 radical (unpaired) electrons. The standard InChI is InChI=1S/C28H20ClN3O3/c1-31-15-21(19-7-3-5-9-23(19)31)25-24(26(33)20-14-30-22-8-4-2-6-18(20)22)27(34)28(35)32(25)17-12-10-16(29)11-13-17/h2-15,25,30,33H,1H3/b26-24+. The van der Waals surface area contributed by atoms with Gasteiger partial charge in [-0.1, -0.05) is 48.0 Å². The Hall–Kier alpha value is -4.29. The number of carbonyl (C=O) groups is 2. The van der Waals surface area contributed by atoms with Gasteiger partial charge in [-0.05, 0) is 36.4 Å². The number of aliphatic hydroxyl groups excluding tert-OH is 1. The molecule has 172 valence electrons. The average molecular weight is 482 g/mol. The predicted molar refractivity (Wildman–Crippen MR) is 137 cm³/mol. The molecule has 1 aliphatic heterocycles. The van der Waals surface area contributed by atoms with E-state index in [2.05, 4.69) is 4.98 Å². The van der Waals surface area contributed by atoms with Crippen LogP contribution in [0.3, 0.4) is 0 Å². The highest BCUT2D eigenvalue weighted by atomic mass is 35.5. The molecule has 2 aromatic heterocycles. The Balaban J connectivity index is 1.65. The fourth-order valence-corrected chi connectivity index (χ4v) is 5.12. The largest absolute Gasteiger partial charge is 0.507 e. The van der Waals surface area contributed by atoms with Crippen LogP contribution in [-0.2, 0) is 16.6 Å². The quantitative estimate of drug-likeness (QED) is 0.190. The Bertz CT molecular complexity index is 1680. The van der Waals surface area contributed by atoms with E-state index in [1.54, 1.807) is 30.5 Å². The van der Waals surface area contributed by atoms with Gasteiger partial charge in [-0.25, -0.2) is 0 Å². The first-order chi connectivity index (χ1) is 17.0. The molecule has 1 fully saturated rings. The average Bonchev–Trinajstić information content (AvgIpc) is 3.52. The minimum atomic E-state index is -0.823. The number of nitrogens with zero attached hydrogens (tertiary/aromatic N) is 2. The molecule has 1 unspecified atom stereocenters. The summed E-state index contributed by atoms with van der Waals surface area (Å²) < 4.78 is 1.96. The van der Waals surface area contributed by atoms with E-state index in [4.69, 9.17) is 11.6 Å². The minimum absolute atomic E-state index is 0.0473. The molecule has 3 aromatic carbocycles. The topological polar surface area (TPSA) is 78.3 Å². The van der Waals surface area contributed by atoms with E-state index >= 15 is 0 Å². The van der Waals surface area contributed by atoms with Gasteiger partial charge in [-0.3, -0.25) is 14.5 Å². The van der Waals surface area contributed by atoms with E-state index in [1.807, 2.05) is 66.3 Å². The highest BCUT2D eigenvalue weighted by molar-refractivity contribution is 6.52. The SMILES string of the molecule is Cn1cc(C2/C(=C(\O)c3c[nH]c4ccccc34)C(=O)C(=O)N2c2ccc(Cl)cc2)c2ccccc21. The smallest absolute Gasteiger partial charge is 0.300 e. The number of ketones is 1. The molecule has 0 aliphatic carbocycles. The number of Topliss-reactive ketones (excluding diaryl/α,β-unsaturated/α-hetero) is 1. The zero-order valence-electron chi connectivity index (χ0n) is 18.7. The summed E-state index contributed by atoms with van der Waals surface area (Å²) in [6.45, 7) is 0. The first-order valence-electron chi connectivity index (χ1n) is 11.1. The van der Waals surface area contributed by atoms with Crippen molar-refractivity contribution in [1.29, 1.82) is 0 Å². The third-order valence-electron chi connectivity index (χ3n) is 6.62. The molecule has 0 bridgehead atoms. The second-order valence-corrected chi connectivity index (χ2v) is 9.04. The summed E-state index contributed by atoms with van der Waals surface area (Å²) in [5.74, 6) is -1.65. The molecule has 6 nitrogen and oxygen atoms in total. The molecular formula is C28H20ClN3O3. The van der Waals surface area contributed by atoms with Crippen LogP contribution < -0.4 is 4.90 Å². The Morgan fingerprint density at radius 2 is 1.63 bits per heavy atom. The van der Waals surface area contributed by atoms with Crippen LogP contribution >= 0.6 is 11.6 Å². The second kappa shape index (κ2) is 7.89. The molecule has 1 amide bonds. The number of aryl methyl sites for hydroxylation is 1. The zero-order valence-corrected chi connectivity index (χ0v) is 19.5. The van der Waals surface area contributed by atoms with E-state index in [1.165, 1.54) is 4.90 Å². The van der Waals surface area contributed by atoms with E-state index < -0.39 is 17.7 Å². The van der Waals surface area contributed by atoms with Crippen LogP contribution in [0.15, 0.2) is 90.8 Å². The number of rotatable bonds is 3. The molecule has 0 spiro atoms. The van der Waals surface area contributed by atoms with E-state index in [0.717, 1.165) is 27.4 Å². The third-order valence-corrected chi connectivity index (χ3v) is 6.87. The Morgan fingerprint density at radius 3 is 2.40 bits per heavy atom. The van der Waals surface area contributed by atoms with Gasteiger partial charge in [-0.2, -0.15) is 0 Å². The lowest BCUT2D eigenvalue weighted by Gasteiger charge is -2.25. The van der Waals surface area contributed by atoms with Gasteiger partial charge in [-0.15, -0.1) is 0 Å². The van der Waals surface area contributed by atoms with Crippen molar-refractivity contribution < 1.29 is 14.7 Å². The monoisotopic (exact) mass is 481 g/mol. The van der Waals surface area contributed by atoms with Crippen LogP contribution in [0.25, 0.3) is 27.6 Å². The van der Waals surface area contributed by atoms with Crippen molar-refractivity contribution >= 4 is 56.5 Å². The summed E-state index contributed by atoms with van der Waals surface area (Å²) in [6, 6.07) is 21.2. The minimum Gasteiger partial charge on any atom is -0.507 e. The van der Waals surface area contributed by atoms with Crippen molar-refractivity contribution in [3.05, 3.63) is 107 Å². The van der Waals surface area contributed by atoms with Gasteiger partial charge in [0.15, 0.2) is 0 Å². The van der Waals surface area contributed by atoms with Gasteiger partial charge in [0.2, 0.25) is 0 Å². The lowest BCUT2D eigenvalue weighted by Crippen LogP contribution is -2.29. The Labute approximate surface area is 205 Å². The summed E-state index contributed by atoms with van der Waals surface area (Å²) in [7, 11) is 1.92. The van der Waals surface area contributed by atoms with Crippen molar-refractivity contribution in [2.45, 2.75) is 6.04 Å². The number of halogens is 1. The molecular weight excluding hydrogens is 462 g/mol. The molecule has 35 heavy (non-hydrogen) atoms. The number of aromatic nitrogens is 2. The highest BCUT2D eigenvalue weighted by Gasteiger charge is 2.48. The van der Waals surface area contributed by atoms with E-state index in [9.17, 15) is 14.7 Å². The van der Waals surface area contributed by atoms with Crippen LogP contribution in [0, 0.1) is 0 Å². The molecule has 6 rings (SSSR count). The normalized spacial score (nSPS) is 17.7. The fourth-order valence-electron chi connectivity index (χ4n) is 5.00. The zero-order chi connectivity index (χ0) is 24.3. The number of para-hydroxylation sites is 2. The number of aliphatic hydroxyl groups is 1. The van der Waals surface area contributed by atoms with Gasteiger partial charge in [0, 0.05) is 63.1 Å². The summed E-state index contributed by atoms with van der Waals surface area (Å²) >= 11 is 6.09. The van der Waals surface area contributed by atoms with Crippen LogP contribution in [0.1, 0.15) is 17.2 Å². The predicted octanol–water partition coefficient (Wildman–Crippen LogP) is 5.94. The number of hydrogen-bond acceptors (Lipinski definition) is 3. The van der Waals surface area contributed by atoms with Crippen LogP contribution in [0.5, 0.6) is 0 Å². The van der Waals surface area contributed by atoms with E-state index in [-0.39, 0.29) is 11.3 Å². The molecule has 0 saturated carbocycles. The Kier molecular flexibility index (Phi) is 4.79. The summed E-state index contributed by atoms with van der Waals surface area (Å²) in [5, 5.41) is 13.7. The van der Waals surface area contributed by atoms with Crippen molar-refractivity contribution in [2.24, 2.45) is 7.05 Å². The number of carbonyl (C=O) groups excluding carboxylic acids is 2. The van der Waals surface area contributed by atoms with Crippen LogP contribution in [0.2, 0.25) is 5.02 Å². The molecule has 3 heterocycles. The van der Waals surface area contributed by atoms with Crippen molar-refractivity contribution in [3.63, 3.8) is 0 Å². The van der Waals surface area contributed by atoms with Crippen LogP contribution in [0.4, 0.5) is 5.69 Å². The number of fused-ring (bicyclic) bond motifs is 2. The van der Waals surface area contributed by atoms with Crippen LogP contribution in [-0.4, -0.2) is 26.3 Å². The number of anilines is 1. The van der Waals surface area contributed by atoms with Gasteiger partial charge in [0.1, 0.15) is 5.76 Å². The molecule has 5 aromatic rings. The Morgan fingerprint density at radius 1 is 0.943 bits per heavy atom. The first-order valence-corrected chi connectivity index (χ1v) is 11.5. The molecule has 1 saturated heterocycles. The molecule has 1 atom stereocenters. The maximum atomic E-state index is 13.5. The van der Waals surface area contributed by atoms with Crippen molar-refractivity contribution in [3.8, 4) is 0 Å². The number of hydrogen-bond donors (Lipinski definition) is 2. The second-order valence-electron chi connectivity index (χ2n) is 8.61. The first kappa shape index (κ1) is 21.3. The number of benzene rings is 3. The van der Waals surface area contributed by atoms with Crippen molar-refractivity contribution in [1.82, 2.24) is 9.55 Å². The number of amides is 1. The van der Waals surface area contributed by atoms with Crippen molar-refractivity contribution in [2.75, 3.05) is 4.90 Å². The van der Waals surface area contributed by atoms with E-state index in [0.29, 0.717) is 16.3 Å². The summed E-state index contributed by atoms with van der Waals surface area (Å²) in [6.07, 6.45) is 3.57. The maximum absolute atomic E-state index is 13.5. The maximum Gasteiger partial charge on any atom is 0.300 e. The van der Waals surface area contributed by atoms with Gasteiger partial charge in [0.25, 0.3) is 11.7 Å². The number of aromatic amines is 1. The third kappa shape index (κ3) is 3.18. The van der Waals surface area contributed by atoms with Gasteiger partial charge < -0.3 is 14.7 Å². The molecule has 7 heteroatoms. The fraction of sp³-hybridized carbons (Fsp3) is 0.0714.